The van der Waals surface area contributed by atoms with Crippen LogP contribution < -0.4 is 5.56 Å². The van der Waals surface area contributed by atoms with E-state index < -0.39 is 0 Å². The molecule has 1 amide bonds. The van der Waals surface area contributed by atoms with E-state index in [1.165, 1.54) is 0 Å². The summed E-state index contributed by atoms with van der Waals surface area (Å²) < 4.78 is 6.32. The predicted molar refractivity (Wildman–Crippen MR) is 110 cm³/mol. The highest BCUT2D eigenvalue weighted by Gasteiger charge is 2.38. The molecule has 1 aliphatic heterocycles. The normalized spacial score (nSPS) is 19.1. The molecule has 2 heterocycles. The van der Waals surface area contributed by atoms with Gasteiger partial charge >= 0.3 is 0 Å². The topological polar surface area (TPSA) is 99.7 Å². The van der Waals surface area contributed by atoms with E-state index in [0.717, 1.165) is 11.3 Å². The molecule has 7 heteroatoms. The Bertz CT molecular complexity index is 886. The summed E-state index contributed by atoms with van der Waals surface area (Å²) in [7, 11) is 0. The van der Waals surface area contributed by atoms with Gasteiger partial charge in [0.1, 0.15) is 11.7 Å². The molecule has 156 valence electrons. The number of carbonyl (C=O) groups excluding carboxylic acids is 1. The lowest BCUT2D eigenvalue weighted by atomic mass is 9.87. The molecule has 0 bridgehead atoms. The minimum atomic E-state index is -0.343. The van der Waals surface area contributed by atoms with Gasteiger partial charge in [0.15, 0.2) is 0 Å². The van der Waals surface area contributed by atoms with Gasteiger partial charge in [-0.15, -0.1) is 0 Å². The van der Waals surface area contributed by atoms with Crippen molar-refractivity contribution in [3.8, 4) is 0 Å². The second kappa shape index (κ2) is 9.52. The second-order valence-electron chi connectivity index (χ2n) is 8.09. The van der Waals surface area contributed by atoms with Crippen LogP contribution in [0.25, 0.3) is 0 Å². The maximum atomic E-state index is 13.0. The molecule has 2 N–H and O–H groups in total. The fraction of sp³-hybridized carbons (Fsp3) is 0.409. The number of amides is 1. The van der Waals surface area contributed by atoms with Gasteiger partial charge in [-0.3, -0.25) is 14.4 Å². The van der Waals surface area contributed by atoms with Gasteiger partial charge in [-0.25, -0.2) is 0 Å². The van der Waals surface area contributed by atoms with Crippen LogP contribution in [-0.2, 0) is 9.53 Å². The van der Waals surface area contributed by atoms with Crippen molar-refractivity contribution in [2.75, 3.05) is 13.1 Å². The fourth-order valence-corrected chi connectivity index (χ4v) is 3.17. The molecule has 7 nitrogen and oxygen atoms in total. The second-order valence-corrected chi connectivity index (χ2v) is 8.09. The lowest BCUT2D eigenvalue weighted by Crippen LogP contribution is -2.51. The van der Waals surface area contributed by atoms with E-state index in [1.807, 2.05) is 30.3 Å². The van der Waals surface area contributed by atoms with Gasteiger partial charge in [-0.2, -0.15) is 0 Å². The van der Waals surface area contributed by atoms with Crippen molar-refractivity contribution in [2.24, 2.45) is 5.41 Å². The van der Waals surface area contributed by atoms with Crippen molar-refractivity contribution in [2.45, 2.75) is 39.9 Å². The van der Waals surface area contributed by atoms with E-state index >= 15 is 0 Å². The standard InChI is InChI=1S/C21H26N2O3.CH2O2/c1-14-10-11-16(19(24)22-14)20(25)23-12-17(15-8-6-5-7-9-15)26-18(13-23)21(2,3)4;2-1-3/h5-11,17-18H,12-13H2,1-4H3,(H,22,24);1H,(H,2,3)/t17-,18+;/m0./s1. The van der Waals surface area contributed by atoms with Gasteiger partial charge in [0, 0.05) is 12.2 Å². The zero-order chi connectivity index (χ0) is 21.6. The first-order valence-electron chi connectivity index (χ1n) is 9.44. The molecule has 0 spiro atoms. The first kappa shape index (κ1) is 22.4. The average molecular weight is 400 g/mol. The number of ether oxygens (including phenoxy) is 1. The van der Waals surface area contributed by atoms with Gasteiger partial charge in [0.2, 0.25) is 0 Å². The molecular formula is C22H28N2O5. The molecule has 0 radical (unpaired) electrons. The molecule has 2 atom stereocenters. The Morgan fingerprint density at radius 2 is 1.79 bits per heavy atom. The maximum Gasteiger partial charge on any atom is 0.290 e. The number of hydrogen-bond acceptors (Lipinski definition) is 4. The van der Waals surface area contributed by atoms with E-state index in [1.54, 1.807) is 24.0 Å². The number of benzene rings is 1. The van der Waals surface area contributed by atoms with Crippen LogP contribution in [0.5, 0.6) is 0 Å². The quantitative estimate of drug-likeness (QED) is 0.755. The third-order valence-electron chi connectivity index (χ3n) is 4.81. The number of aryl methyl sites for hydroxylation is 1. The smallest absolute Gasteiger partial charge is 0.290 e. The lowest BCUT2D eigenvalue weighted by Gasteiger charge is -2.43. The highest BCUT2D eigenvalue weighted by molar-refractivity contribution is 5.94. The van der Waals surface area contributed by atoms with Crippen molar-refractivity contribution < 1.29 is 19.4 Å². The summed E-state index contributed by atoms with van der Waals surface area (Å²) in [5.74, 6) is -0.246. The highest BCUT2D eigenvalue weighted by Crippen LogP contribution is 2.33. The first-order valence-corrected chi connectivity index (χ1v) is 9.44. The summed E-state index contributed by atoms with van der Waals surface area (Å²) in [6.07, 6.45) is -0.322. The molecule has 0 unspecified atom stereocenters. The number of nitrogens with one attached hydrogen (secondary N) is 1. The first-order chi connectivity index (χ1) is 13.7. The van der Waals surface area contributed by atoms with E-state index in [9.17, 15) is 9.59 Å². The highest BCUT2D eigenvalue weighted by atomic mass is 16.5. The van der Waals surface area contributed by atoms with Crippen molar-refractivity contribution >= 4 is 12.4 Å². The van der Waals surface area contributed by atoms with E-state index in [4.69, 9.17) is 14.6 Å². The maximum absolute atomic E-state index is 13.0. The Labute approximate surface area is 170 Å². The number of morpholine rings is 1. The molecule has 1 aromatic heterocycles. The van der Waals surface area contributed by atoms with Crippen molar-refractivity contribution in [3.63, 3.8) is 0 Å². The number of carboxylic acid groups (broad SMARTS) is 1. The molecule has 1 aromatic carbocycles. The largest absolute Gasteiger partial charge is 0.483 e. The number of aromatic amines is 1. The molecule has 2 aromatic rings. The van der Waals surface area contributed by atoms with Crippen LogP contribution in [0.1, 0.15) is 48.5 Å². The van der Waals surface area contributed by atoms with Gasteiger partial charge < -0.3 is 19.7 Å². The summed E-state index contributed by atoms with van der Waals surface area (Å²) in [4.78, 5) is 38.1. The molecule has 1 aliphatic rings. The molecular weight excluding hydrogens is 372 g/mol. The van der Waals surface area contributed by atoms with Gasteiger partial charge in [0.25, 0.3) is 17.9 Å². The Balaban J connectivity index is 0.000000941. The molecule has 0 saturated carbocycles. The van der Waals surface area contributed by atoms with E-state index in [2.05, 4.69) is 25.8 Å². The number of hydrogen-bond donors (Lipinski definition) is 2. The Hall–Kier alpha value is -2.93. The van der Waals surface area contributed by atoms with Crippen LogP contribution in [0, 0.1) is 12.3 Å². The predicted octanol–water partition coefficient (Wildman–Crippen LogP) is 3.01. The molecule has 1 fully saturated rings. The average Bonchev–Trinajstić information content (AvgIpc) is 2.68. The minimum Gasteiger partial charge on any atom is -0.483 e. The summed E-state index contributed by atoms with van der Waals surface area (Å²) in [6.45, 7) is 8.76. The van der Waals surface area contributed by atoms with Crippen LogP contribution >= 0.6 is 0 Å². The van der Waals surface area contributed by atoms with Gasteiger partial charge in [-0.05, 0) is 30.0 Å². The number of pyridine rings is 1. The molecule has 1 saturated heterocycles. The summed E-state index contributed by atoms with van der Waals surface area (Å²) in [6, 6.07) is 13.3. The minimum absolute atomic E-state index is 0.116. The Kier molecular flexibility index (Phi) is 7.34. The molecule has 3 rings (SSSR count). The van der Waals surface area contributed by atoms with Crippen LogP contribution in [-0.4, -0.2) is 46.6 Å². The summed E-state index contributed by atoms with van der Waals surface area (Å²) >= 11 is 0. The summed E-state index contributed by atoms with van der Waals surface area (Å²) in [5, 5.41) is 6.89. The van der Waals surface area contributed by atoms with Crippen LogP contribution in [0.15, 0.2) is 47.3 Å². The SMILES string of the molecule is Cc1ccc(C(=O)N2C[C@@H](c3ccccc3)O[C@@H](C(C)(C)C)C2)c(=O)[nH]1.O=CO. The van der Waals surface area contributed by atoms with Crippen molar-refractivity contribution in [3.05, 3.63) is 69.6 Å². The van der Waals surface area contributed by atoms with Crippen molar-refractivity contribution in [1.82, 2.24) is 9.88 Å². The molecule has 29 heavy (non-hydrogen) atoms. The van der Waals surface area contributed by atoms with Gasteiger partial charge in [0.05, 0.1) is 12.6 Å². The van der Waals surface area contributed by atoms with Crippen molar-refractivity contribution in [1.29, 1.82) is 0 Å². The number of aromatic nitrogens is 1. The van der Waals surface area contributed by atoms with E-state index in [0.29, 0.717) is 13.1 Å². The number of nitrogens with zero attached hydrogens (tertiary/aromatic N) is 1. The third kappa shape index (κ3) is 5.77. The number of rotatable bonds is 2. The Morgan fingerprint density at radius 3 is 2.34 bits per heavy atom. The lowest BCUT2D eigenvalue weighted by molar-refractivity contribution is -0.122. The van der Waals surface area contributed by atoms with Crippen LogP contribution in [0.4, 0.5) is 0 Å². The fourth-order valence-electron chi connectivity index (χ4n) is 3.17. The van der Waals surface area contributed by atoms with E-state index in [-0.39, 0.29) is 41.1 Å². The third-order valence-corrected chi connectivity index (χ3v) is 4.81. The Morgan fingerprint density at radius 1 is 1.17 bits per heavy atom. The molecule has 0 aliphatic carbocycles. The number of carbonyl (C=O) groups is 2. The van der Waals surface area contributed by atoms with Crippen LogP contribution in [0.3, 0.4) is 0 Å². The van der Waals surface area contributed by atoms with Crippen LogP contribution in [0.2, 0.25) is 0 Å². The summed E-state index contributed by atoms with van der Waals surface area (Å²) in [5.41, 5.74) is 1.49. The zero-order valence-electron chi connectivity index (χ0n) is 17.2. The van der Waals surface area contributed by atoms with Gasteiger partial charge in [-0.1, -0.05) is 51.1 Å². The number of H-pyrrole nitrogens is 1. The monoisotopic (exact) mass is 400 g/mol. The zero-order valence-corrected chi connectivity index (χ0v) is 17.2.